The second-order valence-corrected chi connectivity index (χ2v) is 6.35. The molecule has 0 radical (unpaired) electrons. The summed E-state index contributed by atoms with van der Waals surface area (Å²) in [6.07, 6.45) is 1.04. The van der Waals surface area contributed by atoms with E-state index in [0.717, 1.165) is 55.4 Å². The molecular weight excluding hydrogens is 290 g/mol. The zero-order valence-electron chi connectivity index (χ0n) is 11.3. The van der Waals surface area contributed by atoms with E-state index >= 15 is 0 Å². The molecule has 1 aliphatic heterocycles. The molecule has 1 saturated heterocycles. The molecule has 3 rings (SSSR count). The first-order valence-corrected chi connectivity index (χ1v) is 8.20. The van der Waals surface area contributed by atoms with Crippen LogP contribution in [0, 0.1) is 0 Å². The minimum atomic E-state index is 0.767. The van der Waals surface area contributed by atoms with Crippen LogP contribution >= 0.6 is 22.9 Å². The van der Waals surface area contributed by atoms with Crippen LogP contribution in [-0.2, 0) is 6.42 Å². The fourth-order valence-corrected chi connectivity index (χ4v) is 3.29. The summed E-state index contributed by atoms with van der Waals surface area (Å²) in [5.74, 6) is 0. The molecule has 1 fully saturated rings. The van der Waals surface area contributed by atoms with Crippen LogP contribution in [0.4, 0.5) is 0 Å². The Balaban J connectivity index is 1.60. The van der Waals surface area contributed by atoms with Gasteiger partial charge in [-0.1, -0.05) is 23.7 Å². The van der Waals surface area contributed by atoms with E-state index in [9.17, 15) is 0 Å². The first kappa shape index (κ1) is 14.0. The van der Waals surface area contributed by atoms with E-state index in [1.54, 1.807) is 11.3 Å². The monoisotopic (exact) mass is 307 g/mol. The summed E-state index contributed by atoms with van der Waals surface area (Å²) in [4.78, 5) is 7.23. The lowest BCUT2D eigenvalue weighted by molar-refractivity contribution is 0.244. The third-order valence-corrected chi connectivity index (χ3v) is 4.70. The van der Waals surface area contributed by atoms with Gasteiger partial charge in [-0.25, -0.2) is 4.98 Å². The second-order valence-electron chi connectivity index (χ2n) is 4.98. The molecule has 1 N–H and O–H groups in total. The highest BCUT2D eigenvalue weighted by atomic mass is 35.5. The average molecular weight is 308 g/mol. The molecular formula is C15H18ClN3S. The fourth-order valence-electron chi connectivity index (χ4n) is 2.37. The summed E-state index contributed by atoms with van der Waals surface area (Å²) in [5.41, 5.74) is 2.20. The van der Waals surface area contributed by atoms with E-state index in [-0.39, 0.29) is 0 Å². The van der Waals surface area contributed by atoms with Crippen LogP contribution in [-0.4, -0.2) is 42.6 Å². The molecule has 106 valence electrons. The lowest BCUT2D eigenvalue weighted by Crippen LogP contribution is -2.44. The van der Waals surface area contributed by atoms with Gasteiger partial charge >= 0.3 is 0 Å². The lowest BCUT2D eigenvalue weighted by atomic mass is 10.2. The topological polar surface area (TPSA) is 28.2 Å². The molecule has 1 aromatic carbocycles. The van der Waals surface area contributed by atoms with Crippen molar-refractivity contribution in [3.8, 4) is 11.3 Å². The zero-order chi connectivity index (χ0) is 13.8. The van der Waals surface area contributed by atoms with Crippen molar-refractivity contribution >= 4 is 22.9 Å². The number of halogens is 1. The van der Waals surface area contributed by atoms with Gasteiger partial charge in [0.1, 0.15) is 0 Å². The van der Waals surface area contributed by atoms with Gasteiger partial charge in [0.15, 0.2) is 0 Å². The predicted octanol–water partition coefficient (Wildman–Crippen LogP) is 2.91. The van der Waals surface area contributed by atoms with Crippen molar-refractivity contribution < 1.29 is 0 Å². The summed E-state index contributed by atoms with van der Waals surface area (Å²) in [5, 5.41) is 7.50. The van der Waals surface area contributed by atoms with E-state index < -0.39 is 0 Å². The molecule has 1 aromatic heterocycles. The van der Waals surface area contributed by atoms with Gasteiger partial charge in [-0.2, -0.15) is 0 Å². The van der Waals surface area contributed by atoms with Crippen molar-refractivity contribution in [2.75, 3.05) is 32.7 Å². The molecule has 0 unspecified atom stereocenters. The van der Waals surface area contributed by atoms with Crippen molar-refractivity contribution in [1.29, 1.82) is 0 Å². The Bertz CT molecular complexity index is 547. The van der Waals surface area contributed by atoms with Gasteiger partial charge in [0.05, 0.1) is 10.7 Å². The molecule has 20 heavy (non-hydrogen) atoms. The number of benzene rings is 1. The molecule has 0 amide bonds. The summed E-state index contributed by atoms with van der Waals surface area (Å²) >= 11 is 7.66. The van der Waals surface area contributed by atoms with Crippen LogP contribution in [0.25, 0.3) is 11.3 Å². The van der Waals surface area contributed by atoms with Crippen LogP contribution in [0.3, 0.4) is 0 Å². The molecule has 2 heterocycles. The molecule has 3 nitrogen and oxygen atoms in total. The Morgan fingerprint density at radius 2 is 1.95 bits per heavy atom. The number of hydrogen-bond donors (Lipinski definition) is 1. The van der Waals surface area contributed by atoms with Crippen molar-refractivity contribution in [2.45, 2.75) is 6.42 Å². The number of aromatic nitrogens is 1. The molecule has 0 atom stereocenters. The van der Waals surface area contributed by atoms with E-state index in [4.69, 9.17) is 16.6 Å². The van der Waals surface area contributed by atoms with Crippen LogP contribution in [0.1, 0.15) is 5.01 Å². The number of rotatable bonds is 4. The van der Waals surface area contributed by atoms with Gasteiger partial charge in [0.25, 0.3) is 0 Å². The third-order valence-electron chi connectivity index (χ3n) is 3.54. The summed E-state index contributed by atoms with van der Waals surface area (Å²) in [6, 6.07) is 7.88. The Hall–Kier alpha value is -0.940. The maximum absolute atomic E-state index is 5.91. The Kier molecular flexibility index (Phi) is 4.68. The molecule has 1 aliphatic rings. The van der Waals surface area contributed by atoms with Gasteiger partial charge < -0.3 is 10.2 Å². The van der Waals surface area contributed by atoms with Crippen LogP contribution < -0.4 is 5.32 Å². The molecule has 0 bridgehead atoms. The standard InChI is InChI=1S/C15H18ClN3S/c16-13-3-1-12(2-4-13)14-11-20-15(18-14)5-8-19-9-6-17-7-10-19/h1-4,11,17H,5-10H2. The number of thiazole rings is 1. The number of hydrogen-bond acceptors (Lipinski definition) is 4. The van der Waals surface area contributed by atoms with Crippen LogP contribution in [0.5, 0.6) is 0 Å². The Morgan fingerprint density at radius 3 is 2.70 bits per heavy atom. The highest BCUT2D eigenvalue weighted by Gasteiger charge is 2.10. The van der Waals surface area contributed by atoms with Gasteiger partial charge in [0, 0.05) is 55.1 Å². The normalized spacial score (nSPS) is 16.4. The van der Waals surface area contributed by atoms with Crippen molar-refractivity contribution in [1.82, 2.24) is 15.2 Å². The quantitative estimate of drug-likeness (QED) is 0.941. The van der Waals surface area contributed by atoms with Crippen molar-refractivity contribution in [3.05, 3.63) is 39.7 Å². The summed E-state index contributed by atoms with van der Waals surface area (Å²) < 4.78 is 0. The van der Waals surface area contributed by atoms with Crippen LogP contribution in [0.15, 0.2) is 29.6 Å². The SMILES string of the molecule is Clc1ccc(-c2csc(CCN3CCNCC3)n2)cc1. The highest BCUT2D eigenvalue weighted by Crippen LogP contribution is 2.23. The molecule has 0 aliphatic carbocycles. The fraction of sp³-hybridized carbons (Fsp3) is 0.400. The van der Waals surface area contributed by atoms with Crippen molar-refractivity contribution in [2.24, 2.45) is 0 Å². The number of piperazine rings is 1. The summed E-state index contributed by atoms with van der Waals surface area (Å²) in [6.45, 7) is 5.61. The van der Waals surface area contributed by atoms with Gasteiger partial charge in [0.2, 0.25) is 0 Å². The summed E-state index contributed by atoms with van der Waals surface area (Å²) in [7, 11) is 0. The number of nitrogens with one attached hydrogen (secondary N) is 1. The minimum absolute atomic E-state index is 0.767. The largest absolute Gasteiger partial charge is 0.314 e. The van der Waals surface area contributed by atoms with Gasteiger partial charge in [-0.05, 0) is 12.1 Å². The van der Waals surface area contributed by atoms with E-state index in [0.29, 0.717) is 0 Å². The molecule has 5 heteroatoms. The van der Waals surface area contributed by atoms with Gasteiger partial charge in [-0.15, -0.1) is 11.3 Å². The molecule has 0 spiro atoms. The van der Waals surface area contributed by atoms with E-state index in [1.807, 2.05) is 24.3 Å². The predicted molar refractivity (Wildman–Crippen MR) is 85.6 cm³/mol. The Morgan fingerprint density at radius 1 is 1.20 bits per heavy atom. The smallest absolute Gasteiger partial charge is 0.0945 e. The maximum Gasteiger partial charge on any atom is 0.0945 e. The van der Waals surface area contributed by atoms with Crippen molar-refractivity contribution in [3.63, 3.8) is 0 Å². The molecule has 2 aromatic rings. The second kappa shape index (κ2) is 6.68. The molecule has 0 saturated carbocycles. The zero-order valence-corrected chi connectivity index (χ0v) is 12.9. The first-order valence-electron chi connectivity index (χ1n) is 6.95. The first-order chi connectivity index (χ1) is 9.81. The Labute approximate surface area is 128 Å². The highest BCUT2D eigenvalue weighted by molar-refractivity contribution is 7.09. The number of nitrogens with zero attached hydrogens (tertiary/aromatic N) is 2. The van der Waals surface area contributed by atoms with E-state index in [1.165, 1.54) is 5.01 Å². The van der Waals surface area contributed by atoms with Crippen LogP contribution in [0.2, 0.25) is 5.02 Å². The average Bonchev–Trinajstić information content (AvgIpc) is 2.96. The van der Waals surface area contributed by atoms with E-state index in [2.05, 4.69) is 15.6 Å². The van der Waals surface area contributed by atoms with Gasteiger partial charge in [-0.3, -0.25) is 0 Å². The minimum Gasteiger partial charge on any atom is -0.314 e. The maximum atomic E-state index is 5.91. The lowest BCUT2D eigenvalue weighted by Gasteiger charge is -2.26. The third kappa shape index (κ3) is 3.58.